The zero-order valence-electron chi connectivity index (χ0n) is 30.5. The normalized spacial score (nSPS) is 11.8. The van der Waals surface area contributed by atoms with E-state index in [9.17, 15) is 0 Å². The highest BCUT2D eigenvalue weighted by atomic mass is 16.3. The van der Waals surface area contributed by atoms with Gasteiger partial charge in [0, 0.05) is 27.3 Å². The first-order chi connectivity index (χ1) is 27.5. The molecule has 0 aliphatic rings. The summed E-state index contributed by atoms with van der Waals surface area (Å²) in [5.74, 6) is 0.802. The van der Waals surface area contributed by atoms with Crippen LogP contribution in [0.3, 0.4) is 0 Å². The van der Waals surface area contributed by atoms with Gasteiger partial charge in [0.05, 0.1) is 0 Å². The van der Waals surface area contributed by atoms with Crippen LogP contribution in [-0.2, 0) is 0 Å². The van der Waals surface area contributed by atoms with E-state index in [1.54, 1.807) is 0 Å². The first-order valence-corrected chi connectivity index (χ1v) is 18.2. The molecule has 0 spiro atoms. The summed E-state index contributed by atoms with van der Waals surface area (Å²) in [4.78, 5) is 0. The summed E-state index contributed by atoms with van der Waals surface area (Å²) in [6.07, 6.45) is 0. The van der Waals surface area contributed by atoms with E-state index in [1.165, 1.54) is 0 Å². The molecule has 0 saturated carbocycles. The smallest absolute Gasteiger partial charge is 0.143 e. The van der Waals surface area contributed by atoms with Gasteiger partial charge in [0.25, 0.3) is 0 Å². The van der Waals surface area contributed by atoms with Gasteiger partial charge in [-0.1, -0.05) is 113 Å². The molecule has 10 aromatic rings. The maximum atomic E-state index is 7.02. The van der Waals surface area contributed by atoms with Crippen molar-refractivity contribution in [2.45, 2.75) is 0 Å². The third-order valence-electron chi connectivity index (χ3n) is 11.3. The number of hydrogen-bond donors (Lipinski definition) is 0. The first kappa shape index (κ1) is 35.6. The van der Waals surface area contributed by atoms with E-state index in [0.717, 1.165) is 71.7 Å². The average molecular weight is 701 g/mol. The Balaban J connectivity index is 1.29. The molecule has 0 atom stereocenters. The number of rotatable bonds is 4. The molecule has 8 aromatic carbocycles. The summed E-state index contributed by atoms with van der Waals surface area (Å²) in [7, 11) is 59.8. The van der Waals surface area contributed by atoms with Crippen molar-refractivity contribution >= 4 is 174 Å². The number of benzene rings is 8. The van der Waals surface area contributed by atoms with Gasteiger partial charge in [-0.25, -0.2) is 0 Å². The second-order valence-corrected chi connectivity index (χ2v) is 14.3. The molecule has 2 heterocycles. The van der Waals surface area contributed by atoms with Crippen LogP contribution in [0.5, 0.6) is 0 Å². The summed E-state index contributed by atoms with van der Waals surface area (Å²) in [6, 6.07) is 38.2. The lowest BCUT2D eigenvalue weighted by atomic mass is 9.58. The van der Waals surface area contributed by atoms with Crippen molar-refractivity contribution in [1.82, 2.24) is 0 Å². The SMILES string of the molecule is [B]c1c([B])c([B])c(-c2c3ccccc3c(-c3cccc4oc5c(-c6ccc7oc(-c8ccccc8)cc7c6)cccc5c34)c3c([B])c([B])c([B])c([B])c23)c([B])c1[B]. The third kappa shape index (κ3) is 5.17. The minimum atomic E-state index is 0.0923. The molecule has 0 fully saturated rings. The number of para-hydroxylation sites is 1. The number of fused-ring (bicyclic) bond motifs is 6. The Morgan fingerprint density at radius 2 is 0.895 bits per heavy atom. The molecular formula is C46H19B9O2. The molecule has 0 unspecified atom stereocenters. The maximum absolute atomic E-state index is 7.02. The molecule has 57 heavy (non-hydrogen) atoms. The van der Waals surface area contributed by atoms with E-state index in [-0.39, 0.29) is 49.2 Å². The summed E-state index contributed by atoms with van der Waals surface area (Å²) in [6.45, 7) is 0. The van der Waals surface area contributed by atoms with Crippen LogP contribution < -0.4 is 49.2 Å². The summed E-state index contributed by atoms with van der Waals surface area (Å²) in [5, 5.41) is 5.35. The van der Waals surface area contributed by atoms with E-state index in [2.05, 4.69) is 24.3 Å². The summed E-state index contributed by atoms with van der Waals surface area (Å²) < 4.78 is 13.0. The quantitative estimate of drug-likeness (QED) is 0.209. The predicted octanol–water partition coefficient (Wildman–Crippen LogP) is 2.45. The fourth-order valence-corrected chi connectivity index (χ4v) is 8.43. The van der Waals surface area contributed by atoms with Crippen molar-refractivity contribution in [2.75, 3.05) is 0 Å². The van der Waals surface area contributed by atoms with E-state index >= 15 is 0 Å². The van der Waals surface area contributed by atoms with Crippen molar-refractivity contribution in [3.05, 3.63) is 115 Å². The first-order valence-electron chi connectivity index (χ1n) is 18.2. The summed E-state index contributed by atoms with van der Waals surface area (Å²) >= 11 is 0. The van der Waals surface area contributed by atoms with Crippen molar-refractivity contribution in [1.29, 1.82) is 0 Å². The molecule has 0 aliphatic carbocycles. The second-order valence-electron chi connectivity index (χ2n) is 14.3. The molecule has 10 rings (SSSR count). The van der Waals surface area contributed by atoms with Crippen molar-refractivity contribution in [3.8, 4) is 44.7 Å². The summed E-state index contributed by atoms with van der Waals surface area (Å²) in [5.41, 5.74) is 8.91. The van der Waals surface area contributed by atoms with E-state index in [1.807, 2.05) is 91.0 Å². The van der Waals surface area contributed by atoms with Gasteiger partial charge in [-0.2, -0.15) is 0 Å². The van der Waals surface area contributed by atoms with Gasteiger partial charge < -0.3 is 8.83 Å². The van der Waals surface area contributed by atoms with Crippen LogP contribution in [-0.4, -0.2) is 70.6 Å². The van der Waals surface area contributed by atoms with Gasteiger partial charge in [-0.05, 0) is 73.6 Å². The molecule has 242 valence electrons. The highest BCUT2D eigenvalue weighted by Gasteiger charge is 2.26. The molecule has 0 saturated heterocycles. The Morgan fingerprint density at radius 3 is 1.60 bits per heavy atom. The Kier molecular flexibility index (Phi) is 8.20. The van der Waals surface area contributed by atoms with Gasteiger partial charge in [0.15, 0.2) is 0 Å². The Bertz CT molecular complexity index is 3320. The van der Waals surface area contributed by atoms with Gasteiger partial charge in [0.2, 0.25) is 0 Å². The third-order valence-corrected chi connectivity index (χ3v) is 11.3. The van der Waals surface area contributed by atoms with E-state index in [0.29, 0.717) is 27.5 Å². The lowest BCUT2D eigenvalue weighted by Gasteiger charge is -2.28. The fourth-order valence-electron chi connectivity index (χ4n) is 8.43. The van der Waals surface area contributed by atoms with Gasteiger partial charge >= 0.3 is 0 Å². The molecular weight excluding hydrogens is 682 g/mol. The molecule has 2 nitrogen and oxygen atoms in total. The number of hydrogen-bond acceptors (Lipinski definition) is 2. The standard InChI is InChI=1S/C46H19B9O2/c47-37-34-32(24-10-4-5-11-25(24)33(35(34)38(48)42(52)41(37)51)36-39(49)43(53)45(55)44(54)40(36)50)26-13-7-15-29-31(26)27-14-6-12-23(46(27)57-29)21-16-17-28-22(18-21)19-30(56-28)20-8-2-1-3-9-20/h1-19H. The Morgan fingerprint density at radius 1 is 0.333 bits per heavy atom. The van der Waals surface area contributed by atoms with Crippen LogP contribution >= 0.6 is 0 Å². The molecule has 11 heteroatoms. The lowest BCUT2D eigenvalue weighted by Crippen LogP contribution is -2.55. The van der Waals surface area contributed by atoms with Crippen molar-refractivity contribution in [3.63, 3.8) is 0 Å². The van der Waals surface area contributed by atoms with Crippen LogP contribution in [0.1, 0.15) is 0 Å². The zero-order chi connectivity index (χ0) is 39.4. The highest BCUT2D eigenvalue weighted by Crippen LogP contribution is 2.46. The molecule has 18 radical (unpaired) electrons. The van der Waals surface area contributed by atoms with Gasteiger partial charge in [0.1, 0.15) is 93.1 Å². The van der Waals surface area contributed by atoms with Crippen LogP contribution in [0.25, 0.3) is 99.2 Å². The van der Waals surface area contributed by atoms with E-state index in [4.69, 9.17) is 79.5 Å². The van der Waals surface area contributed by atoms with Gasteiger partial charge in [-0.15, -0.1) is 27.3 Å². The minimum Gasteiger partial charge on any atom is -0.456 e. The van der Waals surface area contributed by atoms with Gasteiger partial charge in [-0.3, -0.25) is 0 Å². The molecule has 0 N–H and O–H groups in total. The largest absolute Gasteiger partial charge is 0.456 e. The molecule has 0 aliphatic heterocycles. The predicted molar refractivity (Wildman–Crippen MR) is 249 cm³/mol. The van der Waals surface area contributed by atoms with Crippen LogP contribution in [0.15, 0.2) is 124 Å². The topological polar surface area (TPSA) is 26.3 Å². The Labute approximate surface area is 341 Å². The Hall–Kier alpha value is -5.80. The fraction of sp³-hybridized carbons (Fsp3) is 0. The lowest BCUT2D eigenvalue weighted by molar-refractivity contribution is 0.631. The van der Waals surface area contributed by atoms with Crippen LogP contribution in [0.2, 0.25) is 0 Å². The minimum absolute atomic E-state index is 0.0923. The number of furan rings is 2. The molecule has 2 aromatic heterocycles. The second kappa shape index (κ2) is 13.1. The molecule has 0 bridgehead atoms. The van der Waals surface area contributed by atoms with Crippen molar-refractivity contribution in [2.24, 2.45) is 0 Å². The highest BCUT2D eigenvalue weighted by molar-refractivity contribution is 6.71. The monoisotopic (exact) mass is 702 g/mol. The zero-order valence-corrected chi connectivity index (χ0v) is 30.5. The van der Waals surface area contributed by atoms with Crippen molar-refractivity contribution < 1.29 is 8.83 Å². The van der Waals surface area contributed by atoms with E-state index < -0.39 is 0 Å². The molecule has 0 amide bonds. The maximum Gasteiger partial charge on any atom is 0.143 e. The van der Waals surface area contributed by atoms with Crippen LogP contribution in [0, 0.1) is 0 Å². The average Bonchev–Trinajstić information content (AvgIpc) is 3.85. The van der Waals surface area contributed by atoms with Crippen LogP contribution in [0.4, 0.5) is 0 Å².